The van der Waals surface area contributed by atoms with E-state index in [0.29, 0.717) is 17.6 Å². The lowest BCUT2D eigenvalue weighted by Gasteiger charge is -2.34. The number of carbonyl (C=O) groups is 1. The Balaban J connectivity index is 2.22. The fourth-order valence-corrected chi connectivity index (χ4v) is 2.77. The van der Waals surface area contributed by atoms with Crippen molar-refractivity contribution in [3.8, 4) is 0 Å². The van der Waals surface area contributed by atoms with Gasteiger partial charge in [0.25, 0.3) is 0 Å². The Labute approximate surface area is 80.2 Å². The summed E-state index contributed by atoms with van der Waals surface area (Å²) in [6.07, 6.45) is 5.78. The van der Waals surface area contributed by atoms with Crippen LogP contribution < -0.4 is 0 Å². The minimum Gasteiger partial charge on any atom is -0.299 e. The van der Waals surface area contributed by atoms with Gasteiger partial charge in [-0.1, -0.05) is 18.1 Å². The molecule has 2 atom stereocenters. The molecule has 1 saturated carbocycles. The highest BCUT2D eigenvalue weighted by Gasteiger charge is 2.35. The quantitative estimate of drug-likeness (QED) is 0.564. The van der Waals surface area contributed by atoms with E-state index in [4.69, 9.17) is 0 Å². The Kier molecular flexibility index (Phi) is 2.27. The summed E-state index contributed by atoms with van der Waals surface area (Å²) < 4.78 is 0. The largest absolute Gasteiger partial charge is 0.299 e. The van der Waals surface area contributed by atoms with Crippen LogP contribution >= 0.6 is 0 Å². The third kappa shape index (κ3) is 1.45. The molecular weight excluding hydrogens is 160 g/mol. The number of allylic oxidation sites excluding steroid dienone is 2. The first-order valence-corrected chi connectivity index (χ1v) is 5.42. The van der Waals surface area contributed by atoms with Crippen molar-refractivity contribution in [1.29, 1.82) is 0 Å². The molecule has 1 fully saturated rings. The van der Waals surface area contributed by atoms with Crippen LogP contribution in [0.1, 0.15) is 46.0 Å². The predicted octanol–water partition coefficient (Wildman–Crippen LogP) is 3.10. The van der Waals surface area contributed by atoms with E-state index in [-0.39, 0.29) is 0 Å². The molecule has 2 rings (SSSR count). The molecule has 72 valence electrons. The van der Waals surface area contributed by atoms with Gasteiger partial charge in [-0.25, -0.2) is 0 Å². The lowest BCUT2D eigenvalue weighted by molar-refractivity contribution is -0.127. The number of ketones is 1. The maximum Gasteiger partial charge on any atom is 0.140 e. The molecule has 0 amide bonds. The minimum absolute atomic E-state index is 0.329. The normalized spacial score (nSPS) is 34.8. The van der Waals surface area contributed by atoms with E-state index in [2.05, 4.69) is 13.8 Å². The van der Waals surface area contributed by atoms with Crippen LogP contribution in [0.25, 0.3) is 0 Å². The smallest absolute Gasteiger partial charge is 0.140 e. The summed E-state index contributed by atoms with van der Waals surface area (Å²) in [5.74, 6) is 1.49. The molecule has 0 N–H and O–H groups in total. The van der Waals surface area contributed by atoms with Crippen molar-refractivity contribution >= 4 is 5.78 Å². The Morgan fingerprint density at radius 1 is 1.23 bits per heavy atom. The highest BCUT2D eigenvalue weighted by molar-refractivity contribution is 5.89. The third-order valence-corrected chi connectivity index (χ3v) is 3.66. The van der Waals surface area contributed by atoms with E-state index in [1.165, 1.54) is 30.4 Å². The van der Waals surface area contributed by atoms with Gasteiger partial charge in [0.15, 0.2) is 0 Å². The average molecular weight is 178 g/mol. The summed E-state index contributed by atoms with van der Waals surface area (Å²) >= 11 is 0. The first kappa shape index (κ1) is 8.98. The minimum atomic E-state index is 0.329. The average Bonchev–Trinajstić information content (AvgIpc) is 2.09. The summed E-state index contributed by atoms with van der Waals surface area (Å²) in [5, 5.41) is 0. The molecule has 0 heterocycles. The molecule has 0 radical (unpaired) electrons. The van der Waals surface area contributed by atoms with E-state index in [1.807, 2.05) is 0 Å². The van der Waals surface area contributed by atoms with Crippen LogP contribution in [0.5, 0.6) is 0 Å². The lowest BCUT2D eigenvalue weighted by atomic mass is 9.69. The molecule has 0 aliphatic heterocycles. The highest BCUT2D eigenvalue weighted by Crippen LogP contribution is 2.41. The van der Waals surface area contributed by atoms with Gasteiger partial charge in [0, 0.05) is 12.3 Å². The summed E-state index contributed by atoms with van der Waals surface area (Å²) in [5.41, 5.74) is 3.01. The lowest BCUT2D eigenvalue weighted by Crippen LogP contribution is -2.31. The Bertz CT molecular complexity index is 262. The SMILES string of the molecule is CC1=C(C2CCC2=O)C(C)CCC1. The number of rotatable bonds is 1. The maximum atomic E-state index is 11.4. The fourth-order valence-electron chi connectivity index (χ4n) is 2.77. The van der Waals surface area contributed by atoms with Crippen molar-refractivity contribution in [2.24, 2.45) is 11.8 Å². The molecule has 0 aromatic carbocycles. The van der Waals surface area contributed by atoms with Crippen molar-refractivity contribution in [2.45, 2.75) is 46.0 Å². The van der Waals surface area contributed by atoms with Gasteiger partial charge in [0.05, 0.1) is 0 Å². The standard InChI is InChI=1S/C12H18O/c1-8-4-3-5-9(2)12(8)10-6-7-11(10)13/h8,10H,3-7H2,1-2H3. The zero-order valence-electron chi connectivity index (χ0n) is 8.60. The van der Waals surface area contributed by atoms with Gasteiger partial charge in [-0.2, -0.15) is 0 Å². The van der Waals surface area contributed by atoms with Gasteiger partial charge < -0.3 is 0 Å². The van der Waals surface area contributed by atoms with Gasteiger partial charge >= 0.3 is 0 Å². The summed E-state index contributed by atoms with van der Waals surface area (Å²) in [6, 6.07) is 0. The number of carbonyl (C=O) groups excluding carboxylic acids is 1. The molecule has 0 saturated heterocycles. The van der Waals surface area contributed by atoms with Crippen LogP contribution in [0, 0.1) is 11.8 Å². The van der Waals surface area contributed by atoms with Crippen LogP contribution in [0.3, 0.4) is 0 Å². The van der Waals surface area contributed by atoms with E-state index in [0.717, 1.165) is 12.8 Å². The Morgan fingerprint density at radius 3 is 2.46 bits per heavy atom. The molecule has 0 aromatic heterocycles. The third-order valence-electron chi connectivity index (χ3n) is 3.66. The molecule has 2 unspecified atom stereocenters. The van der Waals surface area contributed by atoms with Crippen LogP contribution in [0.15, 0.2) is 11.1 Å². The van der Waals surface area contributed by atoms with Crippen LogP contribution in [-0.2, 0) is 4.79 Å². The molecule has 2 aliphatic rings. The Hall–Kier alpha value is -0.590. The van der Waals surface area contributed by atoms with Gasteiger partial charge in [0.2, 0.25) is 0 Å². The van der Waals surface area contributed by atoms with Crippen molar-refractivity contribution in [2.75, 3.05) is 0 Å². The van der Waals surface area contributed by atoms with Crippen molar-refractivity contribution in [3.63, 3.8) is 0 Å². The van der Waals surface area contributed by atoms with Crippen molar-refractivity contribution in [3.05, 3.63) is 11.1 Å². The van der Waals surface area contributed by atoms with E-state index < -0.39 is 0 Å². The molecule has 13 heavy (non-hydrogen) atoms. The summed E-state index contributed by atoms with van der Waals surface area (Å²) in [7, 11) is 0. The summed E-state index contributed by atoms with van der Waals surface area (Å²) in [6.45, 7) is 4.50. The second kappa shape index (κ2) is 3.28. The molecular formula is C12H18O. The number of hydrogen-bond donors (Lipinski definition) is 0. The monoisotopic (exact) mass is 178 g/mol. The van der Waals surface area contributed by atoms with Gasteiger partial charge in [0.1, 0.15) is 5.78 Å². The zero-order valence-corrected chi connectivity index (χ0v) is 8.60. The van der Waals surface area contributed by atoms with E-state index in [9.17, 15) is 4.79 Å². The molecule has 1 heteroatoms. The molecule has 0 aromatic rings. The van der Waals surface area contributed by atoms with Gasteiger partial charge in [-0.15, -0.1) is 0 Å². The van der Waals surface area contributed by atoms with Crippen molar-refractivity contribution < 1.29 is 4.79 Å². The summed E-state index contributed by atoms with van der Waals surface area (Å²) in [4.78, 5) is 11.4. The molecule has 2 aliphatic carbocycles. The van der Waals surface area contributed by atoms with Crippen LogP contribution in [0.4, 0.5) is 0 Å². The number of Topliss-reactive ketones (excluding diaryl/α,β-unsaturated/α-hetero) is 1. The van der Waals surface area contributed by atoms with Gasteiger partial charge in [-0.05, 0) is 38.5 Å². The van der Waals surface area contributed by atoms with Crippen molar-refractivity contribution in [1.82, 2.24) is 0 Å². The second-order valence-corrected chi connectivity index (χ2v) is 4.59. The number of hydrogen-bond acceptors (Lipinski definition) is 1. The molecule has 0 spiro atoms. The topological polar surface area (TPSA) is 17.1 Å². The fraction of sp³-hybridized carbons (Fsp3) is 0.750. The second-order valence-electron chi connectivity index (χ2n) is 4.59. The van der Waals surface area contributed by atoms with Crippen LogP contribution in [-0.4, -0.2) is 5.78 Å². The highest BCUT2D eigenvalue weighted by atomic mass is 16.1. The molecule has 0 bridgehead atoms. The van der Waals surface area contributed by atoms with Gasteiger partial charge in [-0.3, -0.25) is 4.79 Å². The zero-order chi connectivity index (χ0) is 9.42. The van der Waals surface area contributed by atoms with Crippen LogP contribution in [0.2, 0.25) is 0 Å². The van der Waals surface area contributed by atoms with E-state index >= 15 is 0 Å². The maximum absolute atomic E-state index is 11.4. The Morgan fingerprint density at radius 2 is 2.00 bits per heavy atom. The first-order valence-electron chi connectivity index (χ1n) is 5.42. The predicted molar refractivity (Wildman–Crippen MR) is 53.4 cm³/mol. The van der Waals surface area contributed by atoms with E-state index in [1.54, 1.807) is 0 Å². The first-order chi connectivity index (χ1) is 6.20. The molecule has 1 nitrogen and oxygen atoms in total.